The third kappa shape index (κ3) is 5.52. The van der Waals surface area contributed by atoms with Gasteiger partial charge in [-0.2, -0.15) is 5.26 Å². The number of ether oxygens (including phenoxy) is 1. The average molecular weight is 610 g/mol. The second-order valence-electron chi connectivity index (χ2n) is 12.2. The molecule has 1 amide bonds. The predicted molar refractivity (Wildman–Crippen MR) is 161 cm³/mol. The highest BCUT2D eigenvalue weighted by Gasteiger charge is 2.44. The molecule has 0 unspecified atom stereocenters. The number of halogens is 1. The Balaban J connectivity index is 1.42. The van der Waals surface area contributed by atoms with E-state index in [2.05, 4.69) is 21.8 Å². The molecule has 2 aromatic rings. The molecular formula is C32H36ClN3O5S. The highest BCUT2D eigenvalue weighted by atomic mass is 35.5. The number of aliphatic hydroxyl groups excluding tert-OH is 1. The molecule has 8 nitrogen and oxygen atoms in total. The number of amides is 1. The van der Waals surface area contributed by atoms with E-state index >= 15 is 0 Å². The Morgan fingerprint density at radius 2 is 2.05 bits per heavy atom. The molecule has 2 aliphatic carbocycles. The van der Waals surface area contributed by atoms with Crippen molar-refractivity contribution in [2.75, 3.05) is 24.6 Å². The van der Waals surface area contributed by atoms with Crippen molar-refractivity contribution < 1.29 is 23.1 Å². The van der Waals surface area contributed by atoms with Crippen molar-refractivity contribution in [3.63, 3.8) is 0 Å². The van der Waals surface area contributed by atoms with E-state index in [0.717, 1.165) is 42.8 Å². The molecular weight excluding hydrogens is 574 g/mol. The van der Waals surface area contributed by atoms with Gasteiger partial charge >= 0.3 is 0 Å². The summed E-state index contributed by atoms with van der Waals surface area (Å²) in [6.45, 7) is 1.82. The minimum Gasteiger partial charge on any atom is -0.490 e. The first kappa shape index (κ1) is 29.0. The van der Waals surface area contributed by atoms with Gasteiger partial charge in [-0.05, 0) is 98.2 Å². The Hall–Kier alpha value is -3.06. The molecule has 222 valence electrons. The van der Waals surface area contributed by atoms with Crippen LogP contribution in [0.15, 0.2) is 48.6 Å². The number of nitrogens with one attached hydrogen (secondary N) is 1. The van der Waals surface area contributed by atoms with Crippen LogP contribution in [0.1, 0.15) is 66.4 Å². The van der Waals surface area contributed by atoms with Crippen molar-refractivity contribution in [1.29, 1.82) is 5.26 Å². The number of aliphatic hydroxyl groups is 1. The van der Waals surface area contributed by atoms with Gasteiger partial charge in [0.2, 0.25) is 10.0 Å². The van der Waals surface area contributed by atoms with Gasteiger partial charge in [0, 0.05) is 29.1 Å². The highest BCUT2D eigenvalue weighted by Crippen LogP contribution is 2.46. The fourth-order valence-electron chi connectivity index (χ4n) is 7.21. The molecule has 2 N–H and O–H groups in total. The molecule has 2 aliphatic heterocycles. The highest BCUT2D eigenvalue weighted by molar-refractivity contribution is 7.90. The minimum atomic E-state index is -4.11. The molecule has 0 radical (unpaired) electrons. The zero-order valence-corrected chi connectivity index (χ0v) is 25.0. The lowest BCUT2D eigenvalue weighted by Crippen LogP contribution is -2.49. The number of carbonyl (C=O) groups is 1. The molecule has 4 aliphatic rings. The lowest BCUT2D eigenvalue weighted by Gasteiger charge is -2.45. The van der Waals surface area contributed by atoms with E-state index in [1.165, 1.54) is 11.1 Å². The Bertz CT molecular complexity index is 1550. The van der Waals surface area contributed by atoms with Crippen LogP contribution < -0.4 is 14.4 Å². The van der Waals surface area contributed by atoms with E-state index in [1.807, 2.05) is 12.1 Å². The van der Waals surface area contributed by atoms with Crippen molar-refractivity contribution in [2.24, 2.45) is 11.8 Å². The Labute approximate surface area is 252 Å². The van der Waals surface area contributed by atoms with Crippen LogP contribution in [-0.4, -0.2) is 50.5 Å². The lowest BCUT2D eigenvalue weighted by molar-refractivity contribution is 0.0456. The molecule has 2 aromatic carbocycles. The summed E-state index contributed by atoms with van der Waals surface area (Å²) in [7, 11) is -4.11. The molecule has 0 aromatic heterocycles. The second kappa shape index (κ2) is 11.6. The fourth-order valence-corrected chi connectivity index (χ4v) is 8.69. The van der Waals surface area contributed by atoms with Crippen LogP contribution in [0.5, 0.6) is 5.75 Å². The number of hydrogen-bond acceptors (Lipinski definition) is 7. The molecule has 42 heavy (non-hydrogen) atoms. The third-order valence-corrected chi connectivity index (χ3v) is 11.6. The van der Waals surface area contributed by atoms with Gasteiger partial charge in [-0.25, -0.2) is 13.1 Å². The summed E-state index contributed by atoms with van der Waals surface area (Å²) in [5.74, 6) is 0.252. The molecule has 2 heterocycles. The van der Waals surface area contributed by atoms with Crippen LogP contribution in [0.3, 0.4) is 0 Å². The molecule has 2 bridgehead atoms. The molecule has 5 atom stereocenters. The standard InChI is InChI=1S/C32H36ClN3O5S/c33-24-9-11-27-21(16-24)4-3-14-32(27)19-36-18-23-7-10-26(23)29(37)6-2-1-5-25(13-15-34)42(39,40)35-31(38)22-8-12-30(41-20-32)28(36)17-22/h2,6,8-9,11-12,16-17,23,25-26,29,37H,1,3-5,7,10,13-14,18-20H2,(H,35,38)/b6-2+/t23-,25-,26+,29-,32-/m0/s1. The van der Waals surface area contributed by atoms with Gasteiger partial charge in [0.15, 0.2) is 0 Å². The Kier molecular flexibility index (Phi) is 7.99. The summed E-state index contributed by atoms with van der Waals surface area (Å²) in [6, 6.07) is 13.1. The second-order valence-corrected chi connectivity index (χ2v) is 14.6. The van der Waals surface area contributed by atoms with Crippen LogP contribution in [0.2, 0.25) is 5.02 Å². The van der Waals surface area contributed by atoms with Crippen LogP contribution in [-0.2, 0) is 21.9 Å². The van der Waals surface area contributed by atoms with Gasteiger partial charge in [0.25, 0.3) is 5.91 Å². The molecule has 10 heteroatoms. The number of anilines is 1. The number of hydrogen-bond donors (Lipinski definition) is 2. The van der Waals surface area contributed by atoms with Crippen LogP contribution in [0, 0.1) is 23.2 Å². The summed E-state index contributed by atoms with van der Waals surface area (Å²) in [4.78, 5) is 15.6. The molecule has 1 saturated carbocycles. The van der Waals surface area contributed by atoms with E-state index in [9.17, 15) is 23.6 Å². The van der Waals surface area contributed by atoms with Gasteiger partial charge in [-0.1, -0.05) is 29.8 Å². The van der Waals surface area contributed by atoms with Crippen molar-refractivity contribution in [1.82, 2.24) is 4.72 Å². The van der Waals surface area contributed by atoms with Crippen LogP contribution in [0.4, 0.5) is 5.69 Å². The van der Waals surface area contributed by atoms with Crippen molar-refractivity contribution >= 4 is 33.2 Å². The third-order valence-electron chi connectivity index (χ3n) is 9.65. The van der Waals surface area contributed by atoms with E-state index in [-0.39, 0.29) is 35.7 Å². The van der Waals surface area contributed by atoms with Gasteiger partial charge in [-0.15, -0.1) is 0 Å². The van der Waals surface area contributed by atoms with Crippen molar-refractivity contribution in [3.05, 3.63) is 70.3 Å². The average Bonchev–Trinajstić information content (AvgIpc) is 3.09. The molecule has 1 spiro atoms. The first-order chi connectivity index (χ1) is 20.2. The number of rotatable bonds is 1. The minimum absolute atomic E-state index is 0.0836. The van der Waals surface area contributed by atoms with E-state index in [1.54, 1.807) is 30.4 Å². The summed E-state index contributed by atoms with van der Waals surface area (Å²) in [5, 5.41) is 20.0. The Morgan fingerprint density at radius 3 is 2.83 bits per heavy atom. The van der Waals surface area contributed by atoms with Crippen molar-refractivity contribution in [3.8, 4) is 11.8 Å². The maximum atomic E-state index is 13.3. The molecule has 0 saturated heterocycles. The van der Waals surface area contributed by atoms with Gasteiger partial charge in [0.05, 0.1) is 36.1 Å². The van der Waals surface area contributed by atoms with Gasteiger partial charge in [0.1, 0.15) is 5.75 Å². The number of fused-ring (bicyclic) bond motifs is 4. The number of sulfonamides is 1. The Morgan fingerprint density at radius 1 is 1.19 bits per heavy atom. The number of allylic oxidation sites excluding steroid dienone is 1. The van der Waals surface area contributed by atoms with Crippen molar-refractivity contribution in [2.45, 2.75) is 68.1 Å². The van der Waals surface area contributed by atoms with E-state index in [0.29, 0.717) is 31.9 Å². The maximum absolute atomic E-state index is 13.3. The van der Waals surface area contributed by atoms with Gasteiger partial charge in [-0.3, -0.25) is 4.79 Å². The first-order valence-corrected chi connectivity index (χ1v) is 16.7. The smallest absolute Gasteiger partial charge is 0.264 e. The fraction of sp³-hybridized carbons (Fsp3) is 0.500. The van der Waals surface area contributed by atoms with Crippen LogP contribution in [0.25, 0.3) is 0 Å². The lowest BCUT2D eigenvalue weighted by atomic mass is 9.68. The quantitative estimate of drug-likeness (QED) is 0.442. The van der Waals surface area contributed by atoms with E-state index in [4.69, 9.17) is 16.3 Å². The van der Waals surface area contributed by atoms with E-state index < -0.39 is 27.3 Å². The maximum Gasteiger partial charge on any atom is 0.264 e. The monoisotopic (exact) mass is 609 g/mol. The zero-order valence-electron chi connectivity index (χ0n) is 23.5. The molecule has 1 fully saturated rings. The SMILES string of the molecule is N#CC[C@@H]1CC/C=C/[C@H](O)[C@@H]2CC[C@H]2CN2C[C@@]3(CCCc4cc(Cl)ccc43)COc3ccc(cc32)C(=O)NS1(=O)=O. The number of nitrogens with zero attached hydrogens (tertiary/aromatic N) is 2. The van der Waals surface area contributed by atoms with Gasteiger partial charge < -0.3 is 14.7 Å². The number of aryl methyl sites for hydroxylation is 1. The number of benzene rings is 2. The summed E-state index contributed by atoms with van der Waals surface area (Å²) < 4.78 is 35.0. The summed E-state index contributed by atoms with van der Waals surface area (Å²) in [5.41, 5.74) is 3.14. The topological polar surface area (TPSA) is 120 Å². The zero-order chi connectivity index (χ0) is 29.5. The normalized spacial score (nSPS) is 31.3. The summed E-state index contributed by atoms with van der Waals surface area (Å²) in [6.07, 6.45) is 8.05. The predicted octanol–water partition coefficient (Wildman–Crippen LogP) is 4.89. The first-order valence-electron chi connectivity index (χ1n) is 14.8. The summed E-state index contributed by atoms with van der Waals surface area (Å²) >= 11 is 6.37. The number of carbonyl (C=O) groups excluding carboxylic acids is 1. The molecule has 6 rings (SSSR count). The van der Waals surface area contributed by atoms with Crippen LogP contribution >= 0.6 is 11.6 Å². The largest absolute Gasteiger partial charge is 0.490 e. The number of nitriles is 1.